The van der Waals surface area contributed by atoms with Gasteiger partial charge in [-0.3, -0.25) is 4.79 Å². The topological polar surface area (TPSA) is 63.3 Å². The third kappa shape index (κ3) is 3.79. The van der Waals surface area contributed by atoms with Crippen molar-refractivity contribution >= 4 is 23.8 Å². The second kappa shape index (κ2) is 6.99. The zero-order valence-electron chi connectivity index (χ0n) is 11.4. The lowest BCUT2D eigenvalue weighted by Gasteiger charge is -2.12. The van der Waals surface area contributed by atoms with Gasteiger partial charge in [0.1, 0.15) is 4.64 Å². The molecule has 0 saturated heterocycles. The maximum atomic E-state index is 12.4. The molecule has 1 aromatic carbocycles. The van der Waals surface area contributed by atoms with Gasteiger partial charge in [0, 0.05) is 18.0 Å². The van der Waals surface area contributed by atoms with Gasteiger partial charge >= 0.3 is 6.61 Å². The Morgan fingerprint density at radius 2 is 2.09 bits per heavy atom. The van der Waals surface area contributed by atoms with Crippen molar-refractivity contribution in [2.45, 2.75) is 6.61 Å². The molecule has 1 aromatic heterocycles. The second-order valence-electron chi connectivity index (χ2n) is 4.11. The summed E-state index contributed by atoms with van der Waals surface area (Å²) in [7, 11) is 1.33. The molecule has 8 heteroatoms. The molecule has 0 fully saturated rings. The molecule has 0 aliphatic carbocycles. The minimum absolute atomic E-state index is 0.135. The van der Waals surface area contributed by atoms with E-state index in [1.165, 1.54) is 25.3 Å². The van der Waals surface area contributed by atoms with Crippen LogP contribution < -0.4 is 14.8 Å². The smallest absolute Gasteiger partial charge is 0.387 e. The molecule has 0 saturated carbocycles. The number of aromatic nitrogens is 1. The second-order valence-corrected chi connectivity index (χ2v) is 4.52. The standard InChI is InChI=1S/C14H12F2N2O3S/c1-20-10-5-4-8(7-11(10)21-14(15)16)18-12(19)9-3-2-6-17-13(9)22/h2-7,14H,1H3,(H,17,22)(H,18,19). The van der Waals surface area contributed by atoms with Gasteiger partial charge in [0.15, 0.2) is 11.5 Å². The molecule has 5 nitrogen and oxygen atoms in total. The Labute approximate surface area is 129 Å². The lowest BCUT2D eigenvalue weighted by molar-refractivity contribution is -0.0511. The summed E-state index contributed by atoms with van der Waals surface area (Å²) in [5.74, 6) is -0.501. The number of amides is 1. The number of pyridine rings is 1. The molecule has 0 bridgehead atoms. The lowest BCUT2D eigenvalue weighted by Crippen LogP contribution is -2.13. The Kier molecular flexibility index (Phi) is 5.05. The van der Waals surface area contributed by atoms with Gasteiger partial charge in [0.2, 0.25) is 0 Å². The molecule has 0 aliphatic rings. The van der Waals surface area contributed by atoms with Crippen molar-refractivity contribution in [3.63, 3.8) is 0 Å². The molecule has 2 aromatic rings. The number of carbonyl (C=O) groups excluding carboxylic acids is 1. The summed E-state index contributed by atoms with van der Waals surface area (Å²) in [5, 5.41) is 2.56. The van der Waals surface area contributed by atoms with E-state index in [2.05, 4.69) is 15.0 Å². The Morgan fingerprint density at radius 3 is 2.73 bits per heavy atom. The van der Waals surface area contributed by atoms with E-state index >= 15 is 0 Å². The van der Waals surface area contributed by atoms with Gasteiger partial charge in [0.05, 0.1) is 12.7 Å². The molecule has 0 aliphatic heterocycles. The zero-order chi connectivity index (χ0) is 16.1. The van der Waals surface area contributed by atoms with Crippen LogP contribution in [0, 0.1) is 4.64 Å². The van der Waals surface area contributed by atoms with E-state index in [1.807, 2.05) is 0 Å². The molecule has 0 unspecified atom stereocenters. The number of hydrogen-bond acceptors (Lipinski definition) is 4. The van der Waals surface area contributed by atoms with Gasteiger partial charge in [-0.25, -0.2) is 0 Å². The quantitative estimate of drug-likeness (QED) is 0.824. The molecule has 0 atom stereocenters. The Bertz CT molecular complexity index is 734. The number of ether oxygens (including phenoxy) is 2. The number of nitrogens with one attached hydrogen (secondary N) is 2. The molecule has 2 rings (SSSR count). The summed E-state index contributed by atoms with van der Waals surface area (Å²) >= 11 is 5.01. The molecule has 22 heavy (non-hydrogen) atoms. The fourth-order valence-electron chi connectivity index (χ4n) is 1.74. The number of aromatic amines is 1. The number of anilines is 1. The van der Waals surface area contributed by atoms with E-state index < -0.39 is 12.5 Å². The Hall–Kier alpha value is -2.48. The summed E-state index contributed by atoms with van der Waals surface area (Å²) in [6.07, 6.45) is 1.60. The van der Waals surface area contributed by atoms with Crippen LogP contribution in [0.25, 0.3) is 0 Å². The molecular weight excluding hydrogens is 314 g/mol. The molecule has 1 heterocycles. The number of benzene rings is 1. The van der Waals surface area contributed by atoms with Crippen molar-refractivity contribution in [3.05, 3.63) is 46.7 Å². The van der Waals surface area contributed by atoms with Gasteiger partial charge in [-0.15, -0.1) is 0 Å². The third-order valence-corrected chi connectivity index (χ3v) is 3.04. The van der Waals surface area contributed by atoms with Crippen molar-refractivity contribution in [2.24, 2.45) is 0 Å². The highest BCUT2D eigenvalue weighted by Gasteiger charge is 2.13. The van der Waals surface area contributed by atoms with Crippen LogP contribution in [0.4, 0.5) is 14.5 Å². The van der Waals surface area contributed by atoms with E-state index in [0.29, 0.717) is 0 Å². The van der Waals surface area contributed by atoms with E-state index in [1.54, 1.807) is 18.3 Å². The Morgan fingerprint density at radius 1 is 1.32 bits per heavy atom. The summed E-state index contributed by atoms with van der Waals surface area (Å²) < 4.78 is 34.3. The van der Waals surface area contributed by atoms with Crippen LogP contribution in [-0.2, 0) is 0 Å². The first-order valence-electron chi connectivity index (χ1n) is 6.13. The van der Waals surface area contributed by atoms with Crippen molar-refractivity contribution < 1.29 is 23.0 Å². The van der Waals surface area contributed by atoms with Crippen molar-refractivity contribution in [2.75, 3.05) is 12.4 Å². The highest BCUT2D eigenvalue weighted by Crippen LogP contribution is 2.31. The average Bonchev–Trinajstić information content (AvgIpc) is 2.47. The van der Waals surface area contributed by atoms with E-state index in [9.17, 15) is 13.6 Å². The fourth-order valence-corrected chi connectivity index (χ4v) is 1.97. The highest BCUT2D eigenvalue weighted by atomic mass is 32.1. The van der Waals surface area contributed by atoms with Crippen LogP contribution >= 0.6 is 12.2 Å². The van der Waals surface area contributed by atoms with Gasteiger partial charge in [-0.05, 0) is 24.3 Å². The lowest BCUT2D eigenvalue weighted by atomic mass is 10.2. The molecule has 2 N–H and O–H groups in total. The van der Waals surface area contributed by atoms with Crippen LogP contribution in [0.1, 0.15) is 10.4 Å². The normalized spacial score (nSPS) is 10.4. The van der Waals surface area contributed by atoms with Gasteiger partial charge in [-0.2, -0.15) is 8.78 Å². The Balaban J connectivity index is 2.24. The van der Waals surface area contributed by atoms with Crippen LogP contribution in [-0.4, -0.2) is 24.6 Å². The number of alkyl halides is 2. The van der Waals surface area contributed by atoms with Gasteiger partial charge in [0.25, 0.3) is 5.91 Å². The minimum atomic E-state index is -3.00. The van der Waals surface area contributed by atoms with Crippen molar-refractivity contribution in [1.82, 2.24) is 4.98 Å². The highest BCUT2D eigenvalue weighted by molar-refractivity contribution is 7.71. The fraction of sp³-hybridized carbons (Fsp3) is 0.143. The van der Waals surface area contributed by atoms with Crippen LogP contribution in [0.15, 0.2) is 36.5 Å². The average molecular weight is 326 g/mol. The molecule has 0 spiro atoms. The largest absolute Gasteiger partial charge is 0.493 e. The minimum Gasteiger partial charge on any atom is -0.493 e. The molecule has 0 radical (unpaired) electrons. The van der Waals surface area contributed by atoms with Crippen molar-refractivity contribution in [3.8, 4) is 11.5 Å². The predicted molar refractivity (Wildman–Crippen MR) is 79.2 cm³/mol. The molecular formula is C14H12F2N2O3S. The van der Waals surface area contributed by atoms with Crippen LogP contribution in [0.2, 0.25) is 0 Å². The monoisotopic (exact) mass is 326 g/mol. The maximum Gasteiger partial charge on any atom is 0.387 e. The molecule has 116 valence electrons. The van der Waals surface area contributed by atoms with Crippen molar-refractivity contribution in [1.29, 1.82) is 0 Å². The van der Waals surface area contributed by atoms with E-state index in [4.69, 9.17) is 17.0 Å². The van der Waals surface area contributed by atoms with Gasteiger partial charge in [-0.1, -0.05) is 12.2 Å². The number of rotatable bonds is 5. The number of H-pyrrole nitrogens is 1. The summed E-state index contributed by atoms with van der Waals surface area (Å²) in [6, 6.07) is 7.35. The first-order valence-corrected chi connectivity index (χ1v) is 6.54. The first kappa shape index (κ1) is 15.9. The molecule has 1 amide bonds. The number of methoxy groups -OCH3 is 1. The predicted octanol–water partition coefficient (Wildman–Crippen LogP) is 3.61. The summed E-state index contributed by atoms with van der Waals surface area (Å²) in [4.78, 5) is 14.8. The van der Waals surface area contributed by atoms with Crippen LogP contribution in [0.5, 0.6) is 11.5 Å². The van der Waals surface area contributed by atoms with E-state index in [0.717, 1.165) is 0 Å². The summed E-state index contributed by atoms with van der Waals surface area (Å²) in [6.45, 7) is -3.00. The number of hydrogen-bond donors (Lipinski definition) is 2. The zero-order valence-corrected chi connectivity index (χ0v) is 12.2. The van der Waals surface area contributed by atoms with E-state index in [-0.39, 0.29) is 27.4 Å². The first-order chi connectivity index (χ1) is 10.5. The van der Waals surface area contributed by atoms with Gasteiger partial charge < -0.3 is 19.8 Å². The SMILES string of the molecule is COc1ccc(NC(=O)c2ccc[nH]c2=S)cc1OC(F)F. The summed E-state index contributed by atoms with van der Waals surface area (Å²) in [5.41, 5.74) is 0.546. The third-order valence-electron chi connectivity index (χ3n) is 2.70. The van der Waals surface area contributed by atoms with Crippen LogP contribution in [0.3, 0.4) is 0 Å². The maximum absolute atomic E-state index is 12.4. The number of halogens is 2. The number of carbonyl (C=O) groups is 1.